The fraction of sp³-hybridized carbons (Fsp3) is 0.138. The van der Waals surface area contributed by atoms with Gasteiger partial charge in [-0.15, -0.1) is 0 Å². The molecule has 0 amide bonds. The summed E-state index contributed by atoms with van der Waals surface area (Å²) < 4.78 is 0. The van der Waals surface area contributed by atoms with Crippen LogP contribution in [0.15, 0.2) is 109 Å². The molecule has 162 valence electrons. The average molecular weight is 423 g/mol. The molecule has 0 spiro atoms. The van der Waals surface area contributed by atoms with Crippen molar-refractivity contribution in [3.63, 3.8) is 0 Å². The van der Waals surface area contributed by atoms with Gasteiger partial charge in [0.15, 0.2) is 5.78 Å². The van der Waals surface area contributed by atoms with E-state index in [2.05, 4.69) is 23.1 Å². The molecule has 2 rings (SSSR count). The summed E-state index contributed by atoms with van der Waals surface area (Å²) in [5, 5.41) is 0. The molecular formula is C29H30N2O. The quantitative estimate of drug-likeness (QED) is 0.324. The van der Waals surface area contributed by atoms with Crippen LogP contribution in [-0.4, -0.2) is 15.8 Å². The molecule has 0 aliphatic carbocycles. The van der Waals surface area contributed by atoms with Crippen molar-refractivity contribution in [1.82, 2.24) is 9.97 Å². The number of hydrogen-bond acceptors (Lipinski definition) is 3. The third kappa shape index (κ3) is 8.11. The second kappa shape index (κ2) is 12.1. The first-order chi connectivity index (χ1) is 15.3. The van der Waals surface area contributed by atoms with Crippen molar-refractivity contribution in [2.75, 3.05) is 0 Å². The molecule has 0 saturated carbocycles. The standard InChI is InChI=1S/C29H30N2O/c1-21(11-7-12-22(2)27-17-9-15-25(5)30-27)19-20-29(32)24(4)14-8-13-23(3)28-18-10-16-26(6)31-28/h7-20H,2,4H2,1,3,5-6H3/b12-7-,14-8-,20-19+,21-11+,23-13+. The van der Waals surface area contributed by atoms with Crippen molar-refractivity contribution < 1.29 is 4.79 Å². The second-order valence-corrected chi connectivity index (χ2v) is 7.56. The highest BCUT2D eigenvalue weighted by Gasteiger charge is 2.00. The molecule has 0 saturated heterocycles. The number of pyridine rings is 2. The van der Waals surface area contributed by atoms with Crippen LogP contribution in [0.2, 0.25) is 0 Å². The number of allylic oxidation sites excluding steroid dienone is 12. The third-order valence-corrected chi connectivity index (χ3v) is 4.62. The molecule has 0 radical (unpaired) electrons. The smallest absolute Gasteiger partial charge is 0.185 e. The molecular weight excluding hydrogens is 392 g/mol. The van der Waals surface area contributed by atoms with Gasteiger partial charge in [-0.2, -0.15) is 0 Å². The van der Waals surface area contributed by atoms with Crippen LogP contribution >= 0.6 is 0 Å². The minimum Gasteiger partial charge on any atom is -0.289 e. The maximum atomic E-state index is 12.3. The highest BCUT2D eigenvalue weighted by Crippen LogP contribution is 2.13. The number of aryl methyl sites for hydroxylation is 2. The van der Waals surface area contributed by atoms with E-state index >= 15 is 0 Å². The molecule has 0 unspecified atom stereocenters. The lowest BCUT2D eigenvalue weighted by molar-refractivity contribution is -0.111. The predicted octanol–water partition coefficient (Wildman–Crippen LogP) is 6.95. The summed E-state index contributed by atoms with van der Waals surface area (Å²) >= 11 is 0. The Hall–Kier alpha value is -3.85. The highest BCUT2D eigenvalue weighted by atomic mass is 16.1. The SMILES string of the molecule is C=C(/C=C\C=C(/C)c1cccc(C)n1)C(=O)/C=C/C(C)=C/C=C\C(=C)c1cccc(C)n1. The van der Waals surface area contributed by atoms with E-state index in [0.29, 0.717) is 5.57 Å². The molecule has 0 aliphatic rings. The van der Waals surface area contributed by atoms with Crippen LogP contribution in [0.3, 0.4) is 0 Å². The van der Waals surface area contributed by atoms with Crippen molar-refractivity contribution in [3.05, 3.63) is 132 Å². The minimum absolute atomic E-state index is 0.133. The van der Waals surface area contributed by atoms with Gasteiger partial charge >= 0.3 is 0 Å². The Balaban J connectivity index is 1.92. The second-order valence-electron chi connectivity index (χ2n) is 7.56. The molecule has 0 atom stereocenters. The zero-order chi connectivity index (χ0) is 23.5. The van der Waals surface area contributed by atoms with Crippen molar-refractivity contribution >= 4 is 16.9 Å². The van der Waals surface area contributed by atoms with E-state index in [9.17, 15) is 4.79 Å². The Morgan fingerprint density at radius 2 is 1.38 bits per heavy atom. The van der Waals surface area contributed by atoms with Crippen molar-refractivity contribution in [2.45, 2.75) is 27.7 Å². The molecule has 0 bridgehead atoms. The largest absolute Gasteiger partial charge is 0.289 e. The summed E-state index contributed by atoms with van der Waals surface area (Å²) in [6.45, 7) is 15.7. The van der Waals surface area contributed by atoms with Crippen molar-refractivity contribution in [1.29, 1.82) is 0 Å². The fourth-order valence-corrected chi connectivity index (χ4v) is 2.73. The van der Waals surface area contributed by atoms with E-state index in [1.54, 1.807) is 12.2 Å². The topological polar surface area (TPSA) is 42.9 Å². The van der Waals surface area contributed by atoms with Crippen molar-refractivity contribution in [3.8, 4) is 0 Å². The first-order valence-electron chi connectivity index (χ1n) is 10.4. The molecule has 0 aliphatic heterocycles. The van der Waals surface area contributed by atoms with E-state index < -0.39 is 0 Å². The van der Waals surface area contributed by atoms with E-state index in [1.165, 1.54) is 6.08 Å². The van der Waals surface area contributed by atoms with Crippen LogP contribution in [0, 0.1) is 13.8 Å². The summed E-state index contributed by atoms with van der Waals surface area (Å²) in [6.07, 6.45) is 14.5. The first kappa shape index (κ1) is 24.4. The van der Waals surface area contributed by atoms with Crippen LogP contribution in [0.4, 0.5) is 0 Å². The Labute approximate surface area is 191 Å². The minimum atomic E-state index is -0.133. The van der Waals surface area contributed by atoms with Gasteiger partial charge in [-0.3, -0.25) is 14.8 Å². The molecule has 2 aromatic rings. The molecule has 0 fully saturated rings. The molecule has 2 heterocycles. The van der Waals surface area contributed by atoms with E-state index in [4.69, 9.17) is 0 Å². The molecule has 32 heavy (non-hydrogen) atoms. The van der Waals surface area contributed by atoms with Gasteiger partial charge in [0, 0.05) is 17.0 Å². The summed E-state index contributed by atoms with van der Waals surface area (Å²) in [5.74, 6) is -0.133. The molecule has 3 nitrogen and oxygen atoms in total. The van der Waals surface area contributed by atoms with E-state index in [-0.39, 0.29) is 5.78 Å². The van der Waals surface area contributed by atoms with E-state index in [1.807, 2.05) is 94.5 Å². The zero-order valence-electron chi connectivity index (χ0n) is 19.3. The Kier molecular flexibility index (Phi) is 9.24. The molecule has 2 aromatic heterocycles. The maximum absolute atomic E-state index is 12.3. The van der Waals surface area contributed by atoms with Crippen LogP contribution in [-0.2, 0) is 4.79 Å². The number of aromatic nitrogens is 2. The number of rotatable bonds is 9. The zero-order valence-corrected chi connectivity index (χ0v) is 19.3. The van der Waals surface area contributed by atoms with Gasteiger partial charge in [0.2, 0.25) is 0 Å². The normalized spacial score (nSPS) is 12.8. The van der Waals surface area contributed by atoms with Gasteiger partial charge in [0.05, 0.1) is 11.4 Å². The van der Waals surface area contributed by atoms with Gasteiger partial charge < -0.3 is 0 Å². The van der Waals surface area contributed by atoms with Crippen molar-refractivity contribution in [2.24, 2.45) is 0 Å². The summed E-state index contributed by atoms with van der Waals surface area (Å²) in [7, 11) is 0. The van der Waals surface area contributed by atoms with Gasteiger partial charge in [-0.1, -0.05) is 73.4 Å². The Morgan fingerprint density at radius 1 is 0.781 bits per heavy atom. The lowest BCUT2D eigenvalue weighted by Crippen LogP contribution is -1.93. The highest BCUT2D eigenvalue weighted by molar-refractivity contribution is 6.05. The number of carbonyl (C=O) groups excluding carboxylic acids is 1. The summed E-state index contributed by atoms with van der Waals surface area (Å²) in [5.41, 5.74) is 6.91. The summed E-state index contributed by atoms with van der Waals surface area (Å²) in [6, 6.07) is 11.8. The molecule has 3 heteroatoms. The Bertz CT molecular complexity index is 1160. The lowest BCUT2D eigenvalue weighted by atomic mass is 10.1. The van der Waals surface area contributed by atoms with Crippen LogP contribution in [0.5, 0.6) is 0 Å². The number of ketones is 1. The maximum Gasteiger partial charge on any atom is 0.185 e. The van der Waals surface area contributed by atoms with Crippen LogP contribution in [0.1, 0.15) is 36.6 Å². The van der Waals surface area contributed by atoms with Crippen LogP contribution < -0.4 is 0 Å². The van der Waals surface area contributed by atoms with E-state index in [0.717, 1.165) is 39.5 Å². The van der Waals surface area contributed by atoms with Gasteiger partial charge in [-0.05, 0) is 69.2 Å². The fourth-order valence-electron chi connectivity index (χ4n) is 2.73. The molecule has 0 N–H and O–H groups in total. The Morgan fingerprint density at radius 3 is 2.03 bits per heavy atom. The monoisotopic (exact) mass is 422 g/mol. The average Bonchev–Trinajstić information content (AvgIpc) is 2.77. The number of hydrogen-bond donors (Lipinski definition) is 0. The van der Waals surface area contributed by atoms with Gasteiger partial charge in [0.1, 0.15) is 0 Å². The lowest BCUT2D eigenvalue weighted by Gasteiger charge is -2.00. The first-order valence-corrected chi connectivity index (χ1v) is 10.4. The number of nitrogens with zero attached hydrogens (tertiary/aromatic N) is 2. The third-order valence-electron chi connectivity index (χ3n) is 4.62. The molecule has 0 aromatic carbocycles. The van der Waals surface area contributed by atoms with Gasteiger partial charge in [-0.25, -0.2) is 0 Å². The predicted molar refractivity (Wildman–Crippen MR) is 136 cm³/mol. The number of carbonyl (C=O) groups is 1. The van der Waals surface area contributed by atoms with Crippen LogP contribution in [0.25, 0.3) is 11.1 Å². The van der Waals surface area contributed by atoms with Gasteiger partial charge in [0.25, 0.3) is 0 Å². The summed E-state index contributed by atoms with van der Waals surface area (Å²) in [4.78, 5) is 21.2.